The lowest BCUT2D eigenvalue weighted by Gasteiger charge is -2.36. The normalized spacial score (nSPS) is 20.6. The van der Waals surface area contributed by atoms with E-state index in [4.69, 9.17) is 18.6 Å². The Morgan fingerprint density at radius 3 is 2.59 bits per heavy atom. The minimum Gasteiger partial charge on any atom is -0.493 e. The molecule has 168 valence electrons. The number of methoxy groups -OCH3 is 2. The number of nitrogens with one attached hydrogen (secondary N) is 1. The van der Waals surface area contributed by atoms with Crippen LogP contribution in [-0.2, 0) is 14.3 Å². The number of benzene rings is 1. The highest BCUT2D eigenvalue weighted by atomic mass is 16.5. The van der Waals surface area contributed by atoms with Gasteiger partial charge in [0.15, 0.2) is 17.3 Å². The highest BCUT2D eigenvalue weighted by Crippen LogP contribution is 2.47. The number of rotatable bonds is 6. The van der Waals surface area contributed by atoms with Crippen molar-refractivity contribution < 1.29 is 28.2 Å². The molecule has 0 radical (unpaired) electrons. The van der Waals surface area contributed by atoms with Gasteiger partial charge in [-0.1, -0.05) is 6.07 Å². The number of carbonyl (C=O) groups is 2. The molecule has 7 nitrogen and oxygen atoms in total. The van der Waals surface area contributed by atoms with Crippen molar-refractivity contribution in [3.05, 3.63) is 70.5 Å². The van der Waals surface area contributed by atoms with Crippen molar-refractivity contribution in [3.63, 3.8) is 0 Å². The second kappa shape index (κ2) is 8.94. The van der Waals surface area contributed by atoms with Crippen molar-refractivity contribution in [1.29, 1.82) is 0 Å². The Bertz CT molecular complexity index is 1100. The molecule has 2 heterocycles. The monoisotopic (exact) mass is 437 g/mol. The first-order chi connectivity index (χ1) is 15.5. The zero-order valence-electron chi connectivity index (χ0n) is 18.7. The Kier molecular flexibility index (Phi) is 6.08. The van der Waals surface area contributed by atoms with Crippen molar-refractivity contribution in [3.8, 4) is 11.5 Å². The van der Waals surface area contributed by atoms with E-state index in [1.54, 1.807) is 33.5 Å². The molecule has 0 bridgehead atoms. The van der Waals surface area contributed by atoms with Crippen molar-refractivity contribution in [1.82, 2.24) is 5.32 Å². The van der Waals surface area contributed by atoms with E-state index in [2.05, 4.69) is 5.32 Å². The summed E-state index contributed by atoms with van der Waals surface area (Å²) >= 11 is 0. The number of ketones is 1. The number of allylic oxidation sites excluding steroid dienone is 3. The number of ether oxygens (including phenoxy) is 3. The zero-order chi connectivity index (χ0) is 22.8. The summed E-state index contributed by atoms with van der Waals surface area (Å²) in [6.07, 6.45) is 2.55. The van der Waals surface area contributed by atoms with Crippen LogP contribution < -0.4 is 14.8 Å². The van der Waals surface area contributed by atoms with Gasteiger partial charge in [0.2, 0.25) is 0 Å². The SMILES string of the molecule is CCOC(=O)C1=C(C)NC2=C(C(=O)C[C@H](c3ccco3)C2)[C@H]1c1ccc(OC)c(OC)c1. The number of dihydropyridines is 1. The van der Waals surface area contributed by atoms with Crippen LogP contribution in [0.15, 0.2) is 63.6 Å². The van der Waals surface area contributed by atoms with Crippen molar-refractivity contribution in [2.24, 2.45) is 0 Å². The lowest BCUT2D eigenvalue weighted by atomic mass is 9.72. The van der Waals surface area contributed by atoms with Crippen LogP contribution in [0.5, 0.6) is 11.5 Å². The largest absolute Gasteiger partial charge is 0.493 e. The fraction of sp³-hybridized carbons (Fsp3) is 0.360. The summed E-state index contributed by atoms with van der Waals surface area (Å²) in [4.78, 5) is 26.4. The number of Topliss-reactive ketones (excluding diaryl/α,β-unsaturated/α-hetero) is 1. The molecule has 2 aliphatic rings. The average molecular weight is 437 g/mol. The molecule has 0 amide bonds. The molecule has 0 saturated heterocycles. The molecule has 1 aliphatic heterocycles. The Morgan fingerprint density at radius 2 is 1.94 bits per heavy atom. The summed E-state index contributed by atoms with van der Waals surface area (Å²) in [6, 6.07) is 9.19. The van der Waals surface area contributed by atoms with Crippen LogP contribution in [0.4, 0.5) is 0 Å². The van der Waals surface area contributed by atoms with Gasteiger partial charge in [-0.3, -0.25) is 4.79 Å². The van der Waals surface area contributed by atoms with E-state index < -0.39 is 11.9 Å². The third-order valence-electron chi connectivity index (χ3n) is 6.01. The maximum absolute atomic E-state index is 13.5. The highest BCUT2D eigenvalue weighted by Gasteiger charge is 2.42. The lowest BCUT2D eigenvalue weighted by Crippen LogP contribution is -2.36. The molecule has 2 aromatic rings. The molecular formula is C25H27NO6. The van der Waals surface area contributed by atoms with Gasteiger partial charge in [-0.2, -0.15) is 0 Å². The Balaban J connectivity index is 1.84. The van der Waals surface area contributed by atoms with E-state index >= 15 is 0 Å². The molecule has 1 aromatic heterocycles. The molecule has 1 N–H and O–H groups in total. The third-order valence-corrected chi connectivity index (χ3v) is 6.01. The quantitative estimate of drug-likeness (QED) is 0.677. The number of furan rings is 1. The maximum atomic E-state index is 13.5. The van der Waals surface area contributed by atoms with E-state index in [-0.39, 0.29) is 18.3 Å². The minimum absolute atomic E-state index is 0.0192. The smallest absolute Gasteiger partial charge is 0.336 e. The van der Waals surface area contributed by atoms with Gasteiger partial charge in [0, 0.05) is 35.2 Å². The van der Waals surface area contributed by atoms with Gasteiger partial charge in [0.05, 0.1) is 32.7 Å². The maximum Gasteiger partial charge on any atom is 0.336 e. The Morgan fingerprint density at radius 1 is 1.16 bits per heavy atom. The lowest BCUT2D eigenvalue weighted by molar-refractivity contribution is -0.138. The number of esters is 1. The van der Waals surface area contributed by atoms with Crippen LogP contribution in [0.25, 0.3) is 0 Å². The third kappa shape index (κ3) is 3.79. The summed E-state index contributed by atoms with van der Waals surface area (Å²) in [7, 11) is 3.12. The van der Waals surface area contributed by atoms with Crippen LogP contribution in [0.2, 0.25) is 0 Å². The van der Waals surface area contributed by atoms with Crippen LogP contribution in [0.3, 0.4) is 0 Å². The zero-order valence-corrected chi connectivity index (χ0v) is 18.7. The number of hydrogen-bond donors (Lipinski definition) is 1. The molecule has 7 heteroatoms. The van der Waals surface area contributed by atoms with Gasteiger partial charge in [-0.15, -0.1) is 0 Å². The summed E-state index contributed by atoms with van der Waals surface area (Å²) in [5, 5.41) is 3.32. The topological polar surface area (TPSA) is 87.0 Å². The van der Waals surface area contributed by atoms with E-state index in [1.165, 1.54) is 0 Å². The highest BCUT2D eigenvalue weighted by molar-refractivity contribution is 6.04. The molecule has 1 aliphatic carbocycles. The van der Waals surface area contributed by atoms with E-state index in [0.29, 0.717) is 41.2 Å². The number of hydrogen-bond acceptors (Lipinski definition) is 7. The van der Waals surface area contributed by atoms with Crippen molar-refractivity contribution in [2.75, 3.05) is 20.8 Å². The summed E-state index contributed by atoms with van der Waals surface area (Å²) in [6.45, 7) is 3.85. The summed E-state index contributed by atoms with van der Waals surface area (Å²) in [5.41, 5.74) is 3.28. The summed E-state index contributed by atoms with van der Waals surface area (Å²) in [5.74, 6) is 0.821. The number of carbonyl (C=O) groups excluding carboxylic acids is 2. The first kappa shape index (κ1) is 21.7. The van der Waals surface area contributed by atoms with Crippen molar-refractivity contribution >= 4 is 11.8 Å². The second-order valence-electron chi connectivity index (χ2n) is 7.87. The van der Waals surface area contributed by atoms with E-state index in [9.17, 15) is 9.59 Å². The van der Waals surface area contributed by atoms with Crippen LogP contribution in [-0.4, -0.2) is 32.6 Å². The molecular weight excluding hydrogens is 410 g/mol. The molecule has 0 spiro atoms. The van der Waals surface area contributed by atoms with Gasteiger partial charge in [-0.05, 0) is 50.1 Å². The van der Waals surface area contributed by atoms with Gasteiger partial charge in [-0.25, -0.2) is 4.79 Å². The Hall–Kier alpha value is -3.48. The average Bonchev–Trinajstić information content (AvgIpc) is 3.32. The molecule has 2 atom stereocenters. The van der Waals surface area contributed by atoms with Crippen molar-refractivity contribution in [2.45, 2.75) is 38.5 Å². The van der Waals surface area contributed by atoms with Crippen LogP contribution in [0.1, 0.15) is 49.8 Å². The molecule has 0 fully saturated rings. The first-order valence-corrected chi connectivity index (χ1v) is 10.6. The predicted octanol–water partition coefficient (Wildman–Crippen LogP) is 4.22. The molecule has 0 saturated carbocycles. The van der Waals surface area contributed by atoms with Crippen LogP contribution >= 0.6 is 0 Å². The van der Waals surface area contributed by atoms with Gasteiger partial charge in [0.1, 0.15) is 5.76 Å². The second-order valence-corrected chi connectivity index (χ2v) is 7.87. The molecule has 32 heavy (non-hydrogen) atoms. The first-order valence-electron chi connectivity index (χ1n) is 10.6. The minimum atomic E-state index is -0.560. The van der Waals surface area contributed by atoms with E-state index in [0.717, 1.165) is 17.0 Å². The van der Waals surface area contributed by atoms with Gasteiger partial charge < -0.3 is 23.9 Å². The standard InChI is InChI=1S/C25H27NO6/c1-5-31-25(28)22-14(2)26-17-11-16(19-7-6-10-32-19)12-18(27)24(17)23(22)15-8-9-20(29-3)21(13-15)30-4/h6-10,13,16,23,26H,5,11-12H2,1-4H3/t16-,23+/m1/s1. The van der Waals surface area contributed by atoms with Crippen LogP contribution in [0, 0.1) is 0 Å². The Labute approximate surface area is 187 Å². The van der Waals surface area contributed by atoms with E-state index in [1.807, 2.05) is 31.2 Å². The molecule has 0 unspecified atom stereocenters. The summed E-state index contributed by atoms with van der Waals surface area (Å²) < 4.78 is 21.8. The fourth-order valence-electron chi connectivity index (χ4n) is 4.61. The predicted molar refractivity (Wildman–Crippen MR) is 117 cm³/mol. The molecule has 1 aromatic carbocycles. The fourth-order valence-corrected chi connectivity index (χ4v) is 4.61. The van der Waals surface area contributed by atoms with Gasteiger partial charge >= 0.3 is 5.97 Å². The van der Waals surface area contributed by atoms with Gasteiger partial charge in [0.25, 0.3) is 0 Å². The molecule has 4 rings (SSSR count).